The molecule has 0 saturated carbocycles. The van der Waals surface area contributed by atoms with Crippen LogP contribution in [-0.2, 0) is 6.42 Å². The predicted molar refractivity (Wildman–Crippen MR) is 58.0 cm³/mol. The van der Waals surface area contributed by atoms with Crippen LogP contribution in [0.5, 0.6) is 0 Å². The molecule has 2 aromatic rings. The first-order valence-electron chi connectivity index (χ1n) is 4.93. The molecule has 0 aliphatic heterocycles. The average Bonchev–Trinajstić information content (AvgIpc) is 2.63. The lowest BCUT2D eigenvalue weighted by atomic mass is 10.1. The van der Waals surface area contributed by atoms with Crippen molar-refractivity contribution < 1.29 is 0 Å². The van der Waals surface area contributed by atoms with Gasteiger partial charge >= 0.3 is 0 Å². The quantitative estimate of drug-likeness (QED) is 0.790. The molecule has 0 unspecified atom stereocenters. The zero-order chi connectivity index (χ0) is 10.7. The molecule has 0 saturated heterocycles. The lowest BCUT2D eigenvalue weighted by Gasteiger charge is -2.00. The minimum atomic E-state index is 0.541. The number of H-pyrrole nitrogens is 1. The third kappa shape index (κ3) is 1.81. The highest BCUT2D eigenvalue weighted by atomic mass is 15.2. The molecular formula is C10H13N5. The summed E-state index contributed by atoms with van der Waals surface area (Å²) in [5.74, 6) is 1.18. The number of nitrogens with two attached hydrogens (primary N) is 1. The number of nitrogen functional groups attached to an aromatic ring is 1. The standard InChI is InChI=1S/C10H13N5/c1-2-4-7-8(14-15-9(7)11)10-12-5-3-6-13-10/h3,5-6H,2,4H2,1H3,(H3,11,14,15). The molecule has 5 heteroatoms. The van der Waals surface area contributed by atoms with Crippen molar-refractivity contribution in [2.45, 2.75) is 19.8 Å². The largest absolute Gasteiger partial charge is 0.382 e. The van der Waals surface area contributed by atoms with Gasteiger partial charge in [-0.3, -0.25) is 5.10 Å². The zero-order valence-corrected chi connectivity index (χ0v) is 8.57. The highest BCUT2D eigenvalue weighted by Crippen LogP contribution is 2.22. The van der Waals surface area contributed by atoms with Gasteiger partial charge in [0.1, 0.15) is 11.5 Å². The van der Waals surface area contributed by atoms with E-state index in [0.717, 1.165) is 24.1 Å². The molecule has 0 fully saturated rings. The van der Waals surface area contributed by atoms with E-state index in [1.54, 1.807) is 18.5 Å². The van der Waals surface area contributed by atoms with Crippen molar-refractivity contribution in [3.63, 3.8) is 0 Å². The molecule has 0 radical (unpaired) electrons. The fourth-order valence-corrected chi connectivity index (χ4v) is 1.50. The average molecular weight is 203 g/mol. The first kappa shape index (κ1) is 9.64. The van der Waals surface area contributed by atoms with Crippen molar-refractivity contribution in [3.05, 3.63) is 24.0 Å². The number of hydrogen-bond acceptors (Lipinski definition) is 4. The van der Waals surface area contributed by atoms with Gasteiger partial charge in [-0.25, -0.2) is 9.97 Å². The van der Waals surface area contributed by atoms with Crippen molar-refractivity contribution in [1.82, 2.24) is 20.2 Å². The lowest BCUT2D eigenvalue weighted by molar-refractivity contribution is 0.924. The van der Waals surface area contributed by atoms with E-state index >= 15 is 0 Å². The number of nitrogens with one attached hydrogen (secondary N) is 1. The van der Waals surface area contributed by atoms with Crippen LogP contribution in [0.2, 0.25) is 0 Å². The zero-order valence-electron chi connectivity index (χ0n) is 8.57. The van der Waals surface area contributed by atoms with E-state index in [2.05, 4.69) is 27.1 Å². The Balaban J connectivity index is 2.44. The monoisotopic (exact) mass is 203 g/mol. The summed E-state index contributed by atoms with van der Waals surface area (Å²) in [6.07, 6.45) is 5.31. The van der Waals surface area contributed by atoms with Crippen molar-refractivity contribution in [1.29, 1.82) is 0 Å². The van der Waals surface area contributed by atoms with E-state index in [4.69, 9.17) is 5.73 Å². The molecule has 15 heavy (non-hydrogen) atoms. The Bertz CT molecular complexity index is 434. The summed E-state index contributed by atoms with van der Waals surface area (Å²) < 4.78 is 0. The molecular weight excluding hydrogens is 190 g/mol. The Morgan fingerprint density at radius 2 is 2.07 bits per heavy atom. The van der Waals surface area contributed by atoms with Gasteiger partial charge in [-0.1, -0.05) is 13.3 Å². The van der Waals surface area contributed by atoms with Gasteiger partial charge in [0.05, 0.1) is 0 Å². The summed E-state index contributed by atoms with van der Waals surface area (Å²) in [6, 6.07) is 1.78. The summed E-state index contributed by atoms with van der Waals surface area (Å²) in [5.41, 5.74) is 7.60. The highest BCUT2D eigenvalue weighted by molar-refractivity contribution is 5.61. The van der Waals surface area contributed by atoms with Gasteiger partial charge in [0, 0.05) is 18.0 Å². The Hall–Kier alpha value is -1.91. The van der Waals surface area contributed by atoms with E-state index < -0.39 is 0 Å². The third-order valence-electron chi connectivity index (χ3n) is 2.19. The molecule has 0 aliphatic carbocycles. The fourth-order valence-electron chi connectivity index (χ4n) is 1.50. The van der Waals surface area contributed by atoms with Crippen LogP contribution in [0.15, 0.2) is 18.5 Å². The molecule has 2 rings (SSSR count). The number of aromatic amines is 1. The summed E-state index contributed by atoms with van der Waals surface area (Å²) in [7, 11) is 0. The highest BCUT2D eigenvalue weighted by Gasteiger charge is 2.13. The van der Waals surface area contributed by atoms with Crippen LogP contribution < -0.4 is 5.73 Å². The first-order valence-corrected chi connectivity index (χ1v) is 4.93. The predicted octanol–water partition coefficient (Wildman–Crippen LogP) is 1.40. The lowest BCUT2D eigenvalue weighted by Crippen LogP contribution is -1.94. The Morgan fingerprint density at radius 1 is 1.33 bits per heavy atom. The Morgan fingerprint density at radius 3 is 2.73 bits per heavy atom. The van der Waals surface area contributed by atoms with E-state index in [1.165, 1.54) is 0 Å². The minimum Gasteiger partial charge on any atom is -0.382 e. The van der Waals surface area contributed by atoms with Crippen LogP contribution in [0.4, 0.5) is 5.82 Å². The number of aromatic nitrogens is 4. The van der Waals surface area contributed by atoms with Crippen molar-refractivity contribution in [2.24, 2.45) is 0 Å². The van der Waals surface area contributed by atoms with Crippen LogP contribution in [0.1, 0.15) is 18.9 Å². The second-order valence-electron chi connectivity index (χ2n) is 3.28. The molecule has 0 aliphatic rings. The van der Waals surface area contributed by atoms with Crippen LogP contribution >= 0.6 is 0 Å². The summed E-state index contributed by atoms with van der Waals surface area (Å²) in [6.45, 7) is 2.10. The normalized spacial score (nSPS) is 10.5. The third-order valence-corrected chi connectivity index (χ3v) is 2.19. The molecule has 78 valence electrons. The molecule has 0 bridgehead atoms. The van der Waals surface area contributed by atoms with Crippen LogP contribution in [0, 0.1) is 0 Å². The van der Waals surface area contributed by atoms with E-state index in [1.807, 2.05) is 0 Å². The Kier molecular flexibility index (Phi) is 2.62. The molecule has 2 aromatic heterocycles. The first-order chi connectivity index (χ1) is 7.33. The molecule has 2 heterocycles. The van der Waals surface area contributed by atoms with Crippen LogP contribution in [0.25, 0.3) is 11.5 Å². The van der Waals surface area contributed by atoms with Crippen molar-refractivity contribution >= 4 is 5.82 Å². The maximum Gasteiger partial charge on any atom is 0.177 e. The smallest absolute Gasteiger partial charge is 0.177 e. The summed E-state index contributed by atoms with van der Waals surface area (Å²) in [5, 5.41) is 6.86. The number of hydrogen-bond donors (Lipinski definition) is 2. The summed E-state index contributed by atoms with van der Waals surface area (Å²) in [4.78, 5) is 8.33. The topological polar surface area (TPSA) is 80.5 Å². The van der Waals surface area contributed by atoms with Gasteiger partial charge in [-0.2, -0.15) is 5.10 Å². The van der Waals surface area contributed by atoms with Gasteiger partial charge in [-0.05, 0) is 12.5 Å². The number of nitrogens with zero attached hydrogens (tertiary/aromatic N) is 3. The van der Waals surface area contributed by atoms with Gasteiger partial charge < -0.3 is 5.73 Å². The second kappa shape index (κ2) is 4.08. The second-order valence-corrected chi connectivity index (χ2v) is 3.28. The van der Waals surface area contributed by atoms with Crippen LogP contribution in [0.3, 0.4) is 0 Å². The maximum absolute atomic E-state index is 5.77. The fraction of sp³-hybridized carbons (Fsp3) is 0.300. The molecule has 0 amide bonds. The Labute approximate surface area is 87.8 Å². The maximum atomic E-state index is 5.77. The molecule has 0 aromatic carbocycles. The molecule has 0 atom stereocenters. The van der Waals surface area contributed by atoms with E-state index in [-0.39, 0.29) is 0 Å². The van der Waals surface area contributed by atoms with Gasteiger partial charge in [0.25, 0.3) is 0 Å². The van der Waals surface area contributed by atoms with Crippen molar-refractivity contribution in [2.75, 3.05) is 5.73 Å². The number of anilines is 1. The molecule has 0 spiro atoms. The van der Waals surface area contributed by atoms with Gasteiger partial charge in [0.15, 0.2) is 5.82 Å². The summed E-state index contributed by atoms with van der Waals surface area (Å²) >= 11 is 0. The SMILES string of the molecule is CCCc1c(N)n[nH]c1-c1ncccn1. The molecule has 3 N–H and O–H groups in total. The van der Waals surface area contributed by atoms with Crippen LogP contribution in [-0.4, -0.2) is 20.2 Å². The molecule has 5 nitrogen and oxygen atoms in total. The minimum absolute atomic E-state index is 0.541. The van der Waals surface area contributed by atoms with E-state index in [9.17, 15) is 0 Å². The number of rotatable bonds is 3. The van der Waals surface area contributed by atoms with Gasteiger partial charge in [0.2, 0.25) is 0 Å². The van der Waals surface area contributed by atoms with Crippen molar-refractivity contribution in [3.8, 4) is 11.5 Å². The van der Waals surface area contributed by atoms with Gasteiger partial charge in [-0.15, -0.1) is 0 Å². The van der Waals surface area contributed by atoms with E-state index in [0.29, 0.717) is 11.6 Å².